The third-order valence-corrected chi connectivity index (χ3v) is 4.65. The molecule has 1 atom stereocenters. The number of nitrogens with two attached hydrogens (primary N) is 1. The molecule has 0 aliphatic carbocycles. The van der Waals surface area contributed by atoms with Crippen molar-refractivity contribution in [2.45, 2.75) is 32.9 Å². The second-order valence-electron chi connectivity index (χ2n) is 5.76. The van der Waals surface area contributed by atoms with E-state index in [1.807, 2.05) is 0 Å². The molecule has 3 rings (SSSR count). The Hall–Kier alpha value is -1.46. The van der Waals surface area contributed by atoms with Crippen molar-refractivity contribution in [2.75, 3.05) is 13.1 Å². The number of hydrogen-bond donors (Lipinski definition) is 1. The fourth-order valence-electron chi connectivity index (χ4n) is 3.20. The van der Waals surface area contributed by atoms with Crippen LogP contribution in [0.3, 0.4) is 0 Å². The highest BCUT2D eigenvalue weighted by Crippen LogP contribution is 2.23. The van der Waals surface area contributed by atoms with E-state index < -0.39 is 0 Å². The van der Waals surface area contributed by atoms with Gasteiger partial charge in [0.2, 0.25) is 0 Å². The molecule has 1 aliphatic heterocycles. The van der Waals surface area contributed by atoms with Crippen molar-refractivity contribution >= 4 is 28.1 Å². The van der Waals surface area contributed by atoms with Crippen molar-refractivity contribution < 1.29 is 0 Å². The lowest BCUT2D eigenvalue weighted by Crippen LogP contribution is -2.40. The summed E-state index contributed by atoms with van der Waals surface area (Å²) in [5, 5.41) is 6.04. The minimum absolute atomic E-state index is 0.355. The Morgan fingerprint density at radius 1 is 1.43 bits per heavy atom. The van der Waals surface area contributed by atoms with E-state index in [0.29, 0.717) is 10.9 Å². The van der Waals surface area contributed by atoms with Crippen LogP contribution in [0.25, 0.3) is 10.9 Å². The molecule has 112 valence electrons. The molecule has 2 heterocycles. The highest BCUT2D eigenvalue weighted by atomic mass is 32.1. The molecule has 1 aromatic heterocycles. The van der Waals surface area contributed by atoms with Gasteiger partial charge in [0.25, 0.3) is 0 Å². The second kappa shape index (κ2) is 6.12. The van der Waals surface area contributed by atoms with Gasteiger partial charge in [0.15, 0.2) is 0 Å². The summed E-state index contributed by atoms with van der Waals surface area (Å²) in [5.74, 6) is 0.355. The Kier molecular flexibility index (Phi) is 4.22. The van der Waals surface area contributed by atoms with Gasteiger partial charge in [-0.25, -0.2) is 0 Å². The maximum atomic E-state index is 5.82. The number of fused-ring (bicyclic) bond motifs is 1. The average molecular weight is 302 g/mol. The van der Waals surface area contributed by atoms with E-state index in [1.54, 1.807) is 0 Å². The number of nitrogens with zero attached hydrogens (tertiary/aromatic N) is 3. The van der Waals surface area contributed by atoms with E-state index >= 15 is 0 Å². The summed E-state index contributed by atoms with van der Waals surface area (Å²) in [7, 11) is 0. The minimum atomic E-state index is 0.355. The lowest BCUT2D eigenvalue weighted by Gasteiger charge is -2.31. The predicted molar refractivity (Wildman–Crippen MR) is 90.2 cm³/mol. The summed E-state index contributed by atoms with van der Waals surface area (Å²) in [5.41, 5.74) is 8.21. The van der Waals surface area contributed by atoms with E-state index in [1.165, 1.54) is 10.9 Å². The van der Waals surface area contributed by atoms with Gasteiger partial charge in [-0.05, 0) is 32.4 Å². The van der Waals surface area contributed by atoms with Gasteiger partial charge in [-0.1, -0.05) is 30.4 Å². The summed E-state index contributed by atoms with van der Waals surface area (Å²) in [4.78, 5) is 3.09. The van der Waals surface area contributed by atoms with Crippen LogP contribution in [0.4, 0.5) is 0 Å². The fraction of sp³-hybridized carbons (Fsp3) is 0.500. The van der Waals surface area contributed by atoms with Crippen LogP contribution in [0.1, 0.15) is 25.5 Å². The summed E-state index contributed by atoms with van der Waals surface area (Å²) in [6, 6.07) is 8.47. The first-order valence-electron chi connectivity index (χ1n) is 7.65. The van der Waals surface area contributed by atoms with Gasteiger partial charge >= 0.3 is 0 Å². The average Bonchev–Trinajstić information content (AvgIpc) is 2.86. The number of benzene rings is 1. The third-order valence-electron chi connectivity index (χ3n) is 4.32. The van der Waals surface area contributed by atoms with Gasteiger partial charge in [0.1, 0.15) is 0 Å². The zero-order valence-electron chi connectivity index (χ0n) is 12.5. The number of para-hydroxylation sites is 1. The van der Waals surface area contributed by atoms with Crippen molar-refractivity contribution in [3.05, 3.63) is 30.0 Å². The quantitative estimate of drug-likeness (QED) is 0.882. The molecule has 1 unspecified atom stereocenters. The van der Waals surface area contributed by atoms with Crippen LogP contribution in [-0.4, -0.2) is 32.8 Å². The molecule has 0 spiro atoms. The second-order valence-corrected chi connectivity index (χ2v) is 6.23. The van der Waals surface area contributed by atoms with E-state index in [-0.39, 0.29) is 0 Å². The third kappa shape index (κ3) is 2.94. The minimum Gasteiger partial charge on any atom is -0.393 e. The van der Waals surface area contributed by atoms with Crippen LogP contribution in [0, 0.1) is 5.92 Å². The molecule has 0 saturated carbocycles. The number of likely N-dealkylation sites (tertiary alicyclic amines) is 1. The van der Waals surface area contributed by atoms with Crippen molar-refractivity contribution in [3.8, 4) is 0 Å². The topological polar surface area (TPSA) is 47.1 Å². The Labute approximate surface area is 130 Å². The van der Waals surface area contributed by atoms with Crippen LogP contribution < -0.4 is 5.73 Å². The number of piperidine rings is 1. The first-order valence-corrected chi connectivity index (χ1v) is 8.06. The molecule has 2 N–H and O–H groups in total. The summed E-state index contributed by atoms with van der Waals surface area (Å²) in [6.45, 7) is 5.98. The molecule has 5 heteroatoms. The van der Waals surface area contributed by atoms with Crippen molar-refractivity contribution in [1.29, 1.82) is 0 Å². The fourth-order valence-corrected chi connectivity index (χ4v) is 3.39. The number of hydrogen-bond acceptors (Lipinski definition) is 3. The number of aryl methyl sites for hydroxylation is 1. The standard InChI is InChI=1S/C16H22N4S/c1-2-20-15-8-4-3-7-13(15)14(18-20)11-19-9-5-6-12(10-19)16(17)21/h3-4,7-8,12H,2,5-6,9-11H2,1H3,(H2,17,21). The number of rotatable bonds is 4. The molecule has 2 aromatic rings. The van der Waals surface area contributed by atoms with Crippen molar-refractivity contribution in [3.63, 3.8) is 0 Å². The summed E-state index contributed by atoms with van der Waals surface area (Å²) < 4.78 is 2.08. The zero-order valence-corrected chi connectivity index (χ0v) is 13.3. The van der Waals surface area contributed by atoms with Crippen molar-refractivity contribution in [2.24, 2.45) is 11.7 Å². The van der Waals surface area contributed by atoms with Gasteiger partial charge in [-0.3, -0.25) is 9.58 Å². The van der Waals surface area contributed by atoms with E-state index in [2.05, 4.69) is 40.8 Å². The van der Waals surface area contributed by atoms with Crippen LogP contribution in [0.2, 0.25) is 0 Å². The highest BCUT2D eigenvalue weighted by Gasteiger charge is 2.23. The first-order chi connectivity index (χ1) is 10.2. The normalized spacial score (nSPS) is 20.0. The molecule has 1 aliphatic rings. The molecule has 0 bridgehead atoms. The molecule has 1 saturated heterocycles. The monoisotopic (exact) mass is 302 g/mol. The maximum Gasteiger partial charge on any atom is 0.0843 e. The van der Waals surface area contributed by atoms with E-state index in [9.17, 15) is 0 Å². The van der Waals surface area contributed by atoms with Gasteiger partial charge in [-0.15, -0.1) is 0 Å². The van der Waals surface area contributed by atoms with Gasteiger partial charge in [0, 0.05) is 30.9 Å². The van der Waals surface area contributed by atoms with Gasteiger partial charge in [0.05, 0.1) is 16.2 Å². The number of aromatic nitrogens is 2. The zero-order chi connectivity index (χ0) is 14.8. The molecule has 4 nitrogen and oxygen atoms in total. The molecule has 0 radical (unpaired) electrons. The first kappa shape index (κ1) is 14.5. The summed E-state index contributed by atoms with van der Waals surface area (Å²) in [6.07, 6.45) is 2.28. The molecule has 0 amide bonds. The summed E-state index contributed by atoms with van der Waals surface area (Å²) >= 11 is 5.16. The maximum absolute atomic E-state index is 5.82. The molecule has 1 fully saturated rings. The van der Waals surface area contributed by atoms with E-state index in [0.717, 1.165) is 44.7 Å². The smallest absolute Gasteiger partial charge is 0.0843 e. The Morgan fingerprint density at radius 3 is 3.00 bits per heavy atom. The van der Waals surface area contributed by atoms with Crippen LogP contribution in [-0.2, 0) is 13.1 Å². The van der Waals surface area contributed by atoms with Gasteiger partial charge < -0.3 is 5.73 Å². The van der Waals surface area contributed by atoms with Gasteiger partial charge in [-0.2, -0.15) is 5.10 Å². The molecule has 21 heavy (non-hydrogen) atoms. The van der Waals surface area contributed by atoms with Crippen LogP contribution in [0.15, 0.2) is 24.3 Å². The molecule has 1 aromatic carbocycles. The van der Waals surface area contributed by atoms with E-state index in [4.69, 9.17) is 23.1 Å². The molecular formula is C16H22N4S. The SMILES string of the molecule is CCn1nc(CN2CCCC(C(N)=S)C2)c2ccccc21. The number of thiocarbonyl (C=S) groups is 1. The molecular weight excluding hydrogens is 280 g/mol. The largest absolute Gasteiger partial charge is 0.393 e. The lowest BCUT2D eigenvalue weighted by atomic mass is 9.98. The Morgan fingerprint density at radius 2 is 2.24 bits per heavy atom. The van der Waals surface area contributed by atoms with Crippen LogP contribution in [0.5, 0.6) is 0 Å². The van der Waals surface area contributed by atoms with Crippen LogP contribution >= 0.6 is 12.2 Å². The van der Waals surface area contributed by atoms with Crippen molar-refractivity contribution in [1.82, 2.24) is 14.7 Å². The lowest BCUT2D eigenvalue weighted by molar-refractivity contribution is 0.195. The Balaban J connectivity index is 1.83. The highest BCUT2D eigenvalue weighted by molar-refractivity contribution is 7.80. The Bertz CT molecular complexity index is 649. The predicted octanol–water partition coefficient (Wildman–Crippen LogP) is 2.55.